The molecule has 5 rings (SSSR count). The number of alkyl halides is 3. The lowest BCUT2D eigenvalue weighted by Crippen LogP contribution is -2.26. The fraction of sp³-hybridized carbons (Fsp3) is 0.320. The average Bonchev–Trinajstić information content (AvgIpc) is 3.38. The highest BCUT2D eigenvalue weighted by atomic mass is 19.4. The highest BCUT2D eigenvalue weighted by Gasteiger charge is 2.41. The van der Waals surface area contributed by atoms with Crippen LogP contribution in [0.4, 0.5) is 18.9 Å². The number of amides is 1. The topological polar surface area (TPSA) is 64.2 Å². The first-order valence-corrected chi connectivity index (χ1v) is 11.1. The number of benzene rings is 2. The van der Waals surface area contributed by atoms with Gasteiger partial charge in [-0.15, -0.1) is 0 Å². The number of nitrogens with zero attached hydrogens (tertiary/aromatic N) is 4. The van der Waals surface area contributed by atoms with Gasteiger partial charge in [0.1, 0.15) is 5.52 Å². The molecule has 2 heterocycles. The molecule has 0 radical (unpaired) electrons. The summed E-state index contributed by atoms with van der Waals surface area (Å²) in [6, 6.07) is 11.8. The smallest absolute Gasteiger partial charge is 0.435 e. The summed E-state index contributed by atoms with van der Waals surface area (Å²) in [5, 5.41) is 3.97. The molecule has 176 valence electrons. The number of hydrogen-bond donors (Lipinski definition) is 0. The van der Waals surface area contributed by atoms with E-state index >= 15 is 0 Å². The number of carbonyl (C=O) groups excluding carboxylic acids is 1. The maximum atomic E-state index is 13.7. The zero-order valence-electron chi connectivity index (χ0n) is 19.0. The Balaban J connectivity index is 1.52. The van der Waals surface area contributed by atoms with Crippen molar-refractivity contribution in [2.45, 2.75) is 45.2 Å². The summed E-state index contributed by atoms with van der Waals surface area (Å²) in [5.74, 6) is 0.165. The molecule has 0 bridgehead atoms. The van der Waals surface area contributed by atoms with Crippen LogP contribution in [0.15, 0.2) is 46.9 Å². The van der Waals surface area contributed by atoms with E-state index in [4.69, 9.17) is 4.42 Å². The Kier molecular flexibility index (Phi) is 5.22. The van der Waals surface area contributed by atoms with Crippen molar-refractivity contribution in [3.05, 3.63) is 70.9 Å². The molecule has 6 nitrogen and oxygen atoms in total. The van der Waals surface area contributed by atoms with E-state index in [2.05, 4.69) is 10.1 Å². The number of rotatable bonds is 3. The molecule has 0 fully saturated rings. The Bertz CT molecular complexity index is 1400. The van der Waals surface area contributed by atoms with Crippen LogP contribution in [0.3, 0.4) is 0 Å². The molecule has 2 aromatic heterocycles. The van der Waals surface area contributed by atoms with Crippen LogP contribution in [-0.4, -0.2) is 27.7 Å². The second kappa shape index (κ2) is 8.00. The number of aromatic nitrogens is 3. The molecule has 1 aliphatic carbocycles. The molecule has 0 N–H and O–H groups in total. The summed E-state index contributed by atoms with van der Waals surface area (Å²) >= 11 is 0. The zero-order chi connectivity index (χ0) is 24.2. The summed E-state index contributed by atoms with van der Waals surface area (Å²) in [4.78, 5) is 19.0. The molecule has 4 aromatic rings. The van der Waals surface area contributed by atoms with Crippen molar-refractivity contribution in [2.24, 2.45) is 0 Å². The van der Waals surface area contributed by atoms with Gasteiger partial charge in [0.15, 0.2) is 17.2 Å². The van der Waals surface area contributed by atoms with Gasteiger partial charge in [0.25, 0.3) is 5.91 Å². The zero-order valence-corrected chi connectivity index (χ0v) is 19.0. The number of oxazole rings is 1. The molecule has 1 unspecified atom stereocenters. The summed E-state index contributed by atoms with van der Waals surface area (Å²) in [6.07, 6.45) is -2.69. The third kappa shape index (κ3) is 3.74. The lowest BCUT2D eigenvalue weighted by Gasteiger charge is -2.22. The van der Waals surface area contributed by atoms with Crippen LogP contribution in [-0.2, 0) is 12.6 Å². The second-order valence-corrected chi connectivity index (χ2v) is 8.71. The first kappa shape index (κ1) is 22.2. The number of aryl methyl sites for hydroxylation is 1. The number of carbonyl (C=O) groups is 1. The minimum atomic E-state index is -4.53. The van der Waals surface area contributed by atoms with Crippen LogP contribution in [0.2, 0.25) is 0 Å². The van der Waals surface area contributed by atoms with Gasteiger partial charge < -0.3 is 9.32 Å². The van der Waals surface area contributed by atoms with Crippen LogP contribution < -0.4 is 4.90 Å². The summed E-state index contributed by atoms with van der Waals surface area (Å²) in [6.45, 7) is 3.67. The molecule has 0 spiro atoms. The minimum Gasteiger partial charge on any atom is -0.441 e. The standard InChI is InChI=1S/C25H23F3N4O2/c1-14-6-4-9-19-22(14)32(30-23(19)25(26,27)28)18-8-5-7-16(12-18)24(33)31(3)17-10-11-20-21(13-17)34-15(2)29-20/h5,7-8,10-14H,4,6,9H2,1-3H3. The molecule has 1 aliphatic rings. The monoisotopic (exact) mass is 468 g/mol. The highest BCUT2D eigenvalue weighted by molar-refractivity contribution is 6.06. The van der Waals surface area contributed by atoms with Gasteiger partial charge in [-0.05, 0) is 55.5 Å². The van der Waals surface area contributed by atoms with Gasteiger partial charge in [0, 0.05) is 36.9 Å². The molecule has 2 aromatic carbocycles. The van der Waals surface area contributed by atoms with Gasteiger partial charge in [-0.3, -0.25) is 4.79 Å². The van der Waals surface area contributed by atoms with Crippen molar-refractivity contribution in [3.63, 3.8) is 0 Å². The molecule has 0 saturated carbocycles. The van der Waals surface area contributed by atoms with E-state index < -0.39 is 11.9 Å². The Hall–Kier alpha value is -3.62. The van der Waals surface area contributed by atoms with Crippen molar-refractivity contribution >= 4 is 22.7 Å². The first-order chi connectivity index (χ1) is 16.1. The second-order valence-electron chi connectivity index (χ2n) is 8.71. The molecular weight excluding hydrogens is 445 g/mol. The van der Waals surface area contributed by atoms with Gasteiger partial charge in [-0.25, -0.2) is 9.67 Å². The van der Waals surface area contributed by atoms with Gasteiger partial charge in [0.05, 0.1) is 11.4 Å². The Morgan fingerprint density at radius 2 is 2.00 bits per heavy atom. The summed E-state index contributed by atoms with van der Waals surface area (Å²) in [7, 11) is 1.64. The SMILES string of the molecule is Cc1nc2ccc(N(C)C(=O)c3cccc(-n4nc(C(F)(F)F)c5c4C(C)CCC5)c3)cc2o1. The number of anilines is 1. The van der Waals surface area contributed by atoms with E-state index in [1.165, 1.54) is 9.58 Å². The number of hydrogen-bond acceptors (Lipinski definition) is 4. The fourth-order valence-corrected chi connectivity index (χ4v) is 4.68. The van der Waals surface area contributed by atoms with E-state index in [1.807, 2.05) is 6.92 Å². The molecule has 9 heteroatoms. The maximum absolute atomic E-state index is 13.7. The van der Waals surface area contributed by atoms with Gasteiger partial charge in [-0.1, -0.05) is 13.0 Å². The van der Waals surface area contributed by atoms with Crippen LogP contribution in [0.5, 0.6) is 0 Å². The van der Waals surface area contributed by atoms with E-state index in [-0.39, 0.29) is 17.4 Å². The molecule has 34 heavy (non-hydrogen) atoms. The Morgan fingerprint density at radius 1 is 1.21 bits per heavy atom. The molecule has 0 saturated heterocycles. The largest absolute Gasteiger partial charge is 0.441 e. The minimum absolute atomic E-state index is 0.0635. The Labute approximate surface area is 194 Å². The molecule has 0 aliphatic heterocycles. The van der Waals surface area contributed by atoms with Crippen LogP contribution in [0.1, 0.15) is 58.9 Å². The van der Waals surface area contributed by atoms with E-state index in [0.717, 1.165) is 6.42 Å². The quantitative estimate of drug-likeness (QED) is 0.367. The van der Waals surface area contributed by atoms with Crippen LogP contribution in [0.25, 0.3) is 16.8 Å². The summed E-state index contributed by atoms with van der Waals surface area (Å²) in [5.41, 5.74) is 2.65. The van der Waals surface area contributed by atoms with Gasteiger partial charge in [0.2, 0.25) is 0 Å². The predicted octanol–water partition coefficient (Wildman–Crippen LogP) is 6.06. The maximum Gasteiger partial charge on any atom is 0.435 e. The first-order valence-electron chi connectivity index (χ1n) is 11.1. The number of halogens is 3. The lowest BCUT2D eigenvalue weighted by atomic mass is 9.87. The number of fused-ring (bicyclic) bond motifs is 2. The van der Waals surface area contributed by atoms with Crippen molar-refractivity contribution in [2.75, 3.05) is 11.9 Å². The molecule has 1 atom stereocenters. The lowest BCUT2D eigenvalue weighted by molar-refractivity contribution is -0.142. The Morgan fingerprint density at radius 3 is 2.76 bits per heavy atom. The van der Waals surface area contributed by atoms with E-state index in [1.54, 1.807) is 56.4 Å². The fourth-order valence-electron chi connectivity index (χ4n) is 4.68. The van der Waals surface area contributed by atoms with Crippen LogP contribution >= 0.6 is 0 Å². The van der Waals surface area contributed by atoms with Crippen LogP contribution in [0, 0.1) is 6.92 Å². The average molecular weight is 468 g/mol. The van der Waals surface area contributed by atoms with Crippen molar-refractivity contribution < 1.29 is 22.4 Å². The van der Waals surface area contributed by atoms with Gasteiger partial charge in [-0.2, -0.15) is 18.3 Å². The van der Waals surface area contributed by atoms with E-state index in [9.17, 15) is 18.0 Å². The molecule has 1 amide bonds. The third-order valence-electron chi connectivity index (χ3n) is 6.33. The normalized spacial score (nSPS) is 16.0. The van der Waals surface area contributed by atoms with Crippen molar-refractivity contribution in [3.8, 4) is 5.69 Å². The summed E-state index contributed by atoms with van der Waals surface area (Å²) < 4.78 is 48.0. The van der Waals surface area contributed by atoms with Gasteiger partial charge >= 0.3 is 6.18 Å². The highest BCUT2D eigenvalue weighted by Crippen LogP contribution is 2.40. The van der Waals surface area contributed by atoms with Crippen molar-refractivity contribution in [1.29, 1.82) is 0 Å². The predicted molar refractivity (Wildman–Crippen MR) is 121 cm³/mol. The van der Waals surface area contributed by atoms with E-state index in [0.29, 0.717) is 52.5 Å². The molecular formula is C25H23F3N4O2. The third-order valence-corrected chi connectivity index (χ3v) is 6.33. The van der Waals surface area contributed by atoms with Crippen molar-refractivity contribution in [1.82, 2.24) is 14.8 Å².